The van der Waals surface area contributed by atoms with E-state index in [-0.39, 0.29) is 24.2 Å². The number of aromatic nitrogens is 1. The molecule has 0 spiro atoms. The van der Waals surface area contributed by atoms with Crippen molar-refractivity contribution >= 4 is 17.2 Å². The molecule has 0 N–H and O–H groups in total. The Hall–Kier alpha value is -1.02. The standard InChI is InChI=1S/C16H27N3O3S/c1-12-14(23-11-17-12)7-19-6-13(22-16(2,3)10-19)8-21-9-15(20)18(4)5/h11,13H,6-10H2,1-5H3. The molecule has 130 valence electrons. The van der Waals surface area contributed by atoms with Crippen LogP contribution in [0.2, 0.25) is 0 Å². The zero-order valence-electron chi connectivity index (χ0n) is 14.7. The lowest BCUT2D eigenvalue weighted by molar-refractivity contribution is -0.161. The van der Waals surface area contributed by atoms with Gasteiger partial charge in [0, 0.05) is 38.6 Å². The molecule has 1 aromatic rings. The highest BCUT2D eigenvalue weighted by molar-refractivity contribution is 7.09. The lowest BCUT2D eigenvalue weighted by Crippen LogP contribution is -2.53. The van der Waals surface area contributed by atoms with Gasteiger partial charge in [0.05, 0.1) is 29.5 Å². The molecule has 0 aliphatic carbocycles. The van der Waals surface area contributed by atoms with Crippen molar-refractivity contribution in [3.05, 3.63) is 16.1 Å². The third-order valence-corrected chi connectivity index (χ3v) is 4.71. The van der Waals surface area contributed by atoms with E-state index in [1.54, 1.807) is 25.4 Å². The second-order valence-electron chi connectivity index (χ2n) is 6.83. The third-order valence-electron chi connectivity index (χ3n) is 3.79. The van der Waals surface area contributed by atoms with Gasteiger partial charge in [-0.1, -0.05) is 0 Å². The minimum atomic E-state index is -0.226. The number of nitrogens with zero attached hydrogens (tertiary/aromatic N) is 3. The summed E-state index contributed by atoms with van der Waals surface area (Å²) in [5, 5.41) is 0. The molecule has 1 unspecified atom stereocenters. The van der Waals surface area contributed by atoms with Crippen LogP contribution in [0.3, 0.4) is 0 Å². The van der Waals surface area contributed by atoms with E-state index in [1.165, 1.54) is 9.78 Å². The van der Waals surface area contributed by atoms with Gasteiger partial charge in [-0.05, 0) is 20.8 Å². The molecule has 0 radical (unpaired) electrons. The second kappa shape index (κ2) is 7.70. The molecule has 1 fully saturated rings. The summed E-state index contributed by atoms with van der Waals surface area (Å²) in [6.45, 7) is 9.32. The Bertz CT molecular complexity index is 530. The van der Waals surface area contributed by atoms with Crippen molar-refractivity contribution in [2.45, 2.75) is 39.0 Å². The number of rotatable bonds is 6. The van der Waals surface area contributed by atoms with Crippen LogP contribution in [0.15, 0.2) is 5.51 Å². The Kier molecular flexibility index (Phi) is 6.13. The summed E-state index contributed by atoms with van der Waals surface area (Å²) in [5.41, 5.74) is 2.77. The Balaban J connectivity index is 1.88. The quantitative estimate of drug-likeness (QED) is 0.785. The maximum atomic E-state index is 11.6. The zero-order chi connectivity index (χ0) is 17.0. The molecule has 1 aromatic heterocycles. The monoisotopic (exact) mass is 341 g/mol. The van der Waals surface area contributed by atoms with E-state index < -0.39 is 0 Å². The van der Waals surface area contributed by atoms with Gasteiger partial charge in [-0.25, -0.2) is 4.98 Å². The molecular weight excluding hydrogens is 314 g/mol. The van der Waals surface area contributed by atoms with Crippen molar-refractivity contribution in [1.29, 1.82) is 0 Å². The van der Waals surface area contributed by atoms with Crippen molar-refractivity contribution in [3.63, 3.8) is 0 Å². The van der Waals surface area contributed by atoms with Crippen molar-refractivity contribution in [2.24, 2.45) is 0 Å². The number of hydrogen-bond acceptors (Lipinski definition) is 6. The summed E-state index contributed by atoms with van der Waals surface area (Å²) < 4.78 is 11.6. The highest BCUT2D eigenvalue weighted by Crippen LogP contribution is 2.24. The van der Waals surface area contributed by atoms with E-state index in [9.17, 15) is 4.79 Å². The van der Waals surface area contributed by atoms with Crippen LogP contribution in [-0.4, -0.2) is 72.8 Å². The Morgan fingerprint density at radius 1 is 1.57 bits per heavy atom. The molecule has 6 nitrogen and oxygen atoms in total. The Morgan fingerprint density at radius 2 is 2.30 bits per heavy atom. The normalized spacial score (nSPS) is 21.3. The average Bonchev–Trinajstić information content (AvgIpc) is 2.82. The minimum Gasteiger partial charge on any atom is -0.369 e. The fourth-order valence-electron chi connectivity index (χ4n) is 2.71. The third kappa shape index (κ3) is 5.53. The fraction of sp³-hybridized carbons (Fsp3) is 0.750. The van der Waals surface area contributed by atoms with Gasteiger partial charge >= 0.3 is 0 Å². The van der Waals surface area contributed by atoms with Gasteiger partial charge < -0.3 is 14.4 Å². The molecule has 0 bridgehead atoms. The molecule has 7 heteroatoms. The van der Waals surface area contributed by atoms with E-state index >= 15 is 0 Å². The van der Waals surface area contributed by atoms with Crippen molar-refractivity contribution < 1.29 is 14.3 Å². The van der Waals surface area contributed by atoms with Crippen LogP contribution < -0.4 is 0 Å². The first kappa shape index (κ1) is 18.3. The number of ether oxygens (including phenoxy) is 2. The van der Waals surface area contributed by atoms with E-state index in [2.05, 4.69) is 23.7 Å². The molecule has 1 aliphatic rings. The summed E-state index contributed by atoms with van der Waals surface area (Å²) in [4.78, 5) is 21.1. The number of carbonyl (C=O) groups excluding carboxylic acids is 1. The van der Waals surface area contributed by atoms with Crippen LogP contribution >= 0.6 is 11.3 Å². The summed E-state index contributed by atoms with van der Waals surface area (Å²) in [6.07, 6.45) is -0.0260. The van der Waals surface area contributed by atoms with Crippen LogP contribution in [0.1, 0.15) is 24.4 Å². The summed E-state index contributed by atoms with van der Waals surface area (Å²) in [6, 6.07) is 0. The number of likely N-dealkylation sites (N-methyl/N-ethyl adjacent to an activating group) is 1. The highest BCUT2D eigenvalue weighted by atomic mass is 32.1. The first-order valence-corrected chi connectivity index (χ1v) is 8.72. The molecular formula is C16H27N3O3S. The number of morpholine rings is 1. The van der Waals surface area contributed by atoms with E-state index in [0.29, 0.717) is 6.61 Å². The van der Waals surface area contributed by atoms with Crippen molar-refractivity contribution in [1.82, 2.24) is 14.8 Å². The summed E-state index contributed by atoms with van der Waals surface area (Å²) >= 11 is 1.69. The molecule has 0 saturated carbocycles. The molecule has 2 heterocycles. The number of thiazole rings is 1. The SMILES string of the molecule is Cc1ncsc1CN1CC(COCC(=O)N(C)C)OC(C)(C)C1. The summed E-state index contributed by atoms with van der Waals surface area (Å²) in [7, 11) is 3.45. The van der Waals surface area contributed by atoms with Gasteiger partial charge in [-0.15, -0.1) is 11.3 Å². The van der Waals surface area contributed by atoms with Gasteiger partial charge in [0.15, 0.2) is 0 Å². The van der Waals surface area contributed by atoms with Gasteiger partial charge in [0.25, 0.3) is 0 Å². The van der Waals surface area contributed by atoms with Gasteiger partial charge in [0.2, 0.25) is 5.91 Å². The van der Waals surface area contributed by atoms with Crippen molar-refractivity contribution in [2.75, 3.05) is 40.4 Å². The lowest BCUT2D eigenvalue weighted by atomic mass is 10.1. The predicted molar refractivity (Wildman–Crippen MR) is 90.6 cm³/mol. The van der Waals surface area contributed by atoms with Gasteiger partial charge in [0.1, 0.15) is 6.61 Å². The molecule has 1 saturated heterocycles. The number of aryl methyl sites for hydroxylation is 1. The van der Waals surface area contributed by atoms with Crippen LogP contribution in [0.4, 0.5) is 0 Å². The van der Waals surface area contributed by atoms with Crippen LogP contribution in [0.5, 0.6) is 0 Å². The fourth-order valence-corrected chi connectivity index (χ4v) is 3.53. The average molecular weight is 341 g/mol. The number of amides is 1. The smallest absolute Gasteiger partial charge is 0.248 e. The zero-order valence-corrected chi connectivity index (χ0v) is 15.5. The van der Waals surface area contributed by atoms with E-state index in [0.717, 1.165) is 25.3 Å². The largest absolute Gasteiger partial charge is 0.369 e. The molecule has 23 heavy (non-hydrogen) atoms. The number of carbonyl (C=O) groups is 1. The lowest BCUT2D eigenvalue weighted by Gasteiger charge is -2.42. The second-order valence-corrected chi connectivity index (χ2v) is 7.77. The predicted octanol–water partition coefficient (Wildman–Crippen LogP) is 1.54. The molecule has 1 aliphatic heterocycles. The minimum absolute atomic E-state index is 0.0260. The van der Waals surface area contributed by atoms with Gasteiger partial charge in [-0.3, -0.25) is 9.69 Å². The molecule has 2 rings (SSSR count). The first-order chi connectivity index (χ1) is 10.8. The maximum absolute atomic E-state index is 11.6. The topological polar surface area (TPSA) is 54.9 Å². The molecule has 0 aromatic carbocycles. The maximum Gasteiger partial charge on any atom is 0.248 e. The van der Waals surface area contributed by atoms with Crippen LogP contribution in [0, 0.1) is 6.92 Å². The molecule has 1 atom stereocenters. The highest BCUT2D eigenvalue weighted by Gasteiger charge is 2.33. The summed E-state index contributed by atoms with van der Waals surface area (Å²) in [5.74, 6) is -0.0304. The van der Waals surface area contributed by atoms with Crippen LogP contribution in [-0.2, 0) is 20.8 Å². The van der Waals surface area contributed by atoms with E-state index in [4.69, 9.17) is 9.47 Å². The first-order valence-electron chi connectivity index (χ1n) is 7.84. The van der Waals surface area contributed by atoms with Gasteiger partial charge in [-0.2, -0.15) is 0 Å². The Labute approximate surface area is 142 Å². The van der Waals surface area contributed by atoms with Crippen molar-refractivity contribution in [3.8, 4) is 0 Å². The molecule has 1 amide bonds. The number of hydrogen-bond donors (Lipinski definition) is 0. The van der Waals surface area contributed by atoms with E-state index in [1.807, 2.05) is 12.4 Å². The van der Waals surface area contributed by atoms with Crippen LogP contribution in [0.25, 0.3) is 0 Å². The Morgan fingerprint density at radius 3 is 2.91 bits per heavy atom.